The Labute approximate surface area is 121 Å². The van der Waals surface area contributed by atoms with Crippen molar-refractivity contribution < 1.29 is 19.1 Å². The largest absolute Gasteiger partial charge is 0.444 e. The highest BCUT2D eigenvalue weighted by molar-refractivity contribution is 5.80. The summed E-state index contributed by atoms with van der Waals surface area (Å²) in [5.74, 6) is 0.109. The van der Waals surface area contributed by atoms with E-state index in [0.717, 1.165) is 6.42 Å². The van der Waals surface area contributed by atoms with Gasteiger partial charge in [-0.1, -0.05) is 13.8 Å². The van der Waals surface area contributed by atoms with E-state index in [1.165, 1.54) is 4.90 Å². The van der Waals surface area contributed by atoms with Gasteiger partial charge in [-0.25, -0.2) is 4.79 Å². The van der Waals surface area contributed by atoms with Gasteiger partial charge in [-0.3, -0.25) is 9.69 Å². The van der Waals surface area contributed by atoms with Crippen molar-refractivity contribution in [2.45, 2.75) is 66.5 Å². The SMILES string of the molecule is CC(C)C[C@@H]1N(C(=O)OC(C)(C)C)COC(=O)C1(C)C. The van der Waals surface area contributed by atoms with E-state index >= 15 is 0 Å². The van der Waals surface area contributed by atoms with Crippen molar-refractivity contribution in [3.63, 3.8) is 0 Å². The molecule has 0 aliphatic carbocycles. The van der Waals surface area contributed by atoms with Gasteiger partial charge in [-0.05, 0) is 47.0 Å². The molecule has 0 aromatic carbocycles. The number of carbonyl (C=O) groups excluding carboxylic acids is 2. The lowest BCUT2D eigenvalue weighted by Gasteiger charge is -2.45. The second kappa shape index (κ2) is 5.62. The van der Waals surface area contributed by atoms with Crippen molar-refractivity contribution in [3.8, 4) is 0 Å². The zero-order valence-corrected chi connectivity index (χ0v) is 13.6. The predicted molar refractivity (Wildman–Crippen MR) is 76.1 cm³/mol. The third-order valence-electron chi connectivity index (χ3n) is 3.39. The van der Waals surface area contributed by atoms with Crippen molar-refractivity contribution in [3.05, 3.63) is 0 Å². The van der Waals surface area contributed by atoms with Crippen molar-refractivity contribution in [1.29, 1.82) is 0 Å². The van der Waals surface area contributed by atoms with Crippen LogP contribution >= 0.6 is 0 Å². The molecule has 0 N–H and O–H groups in total. The number of amides is 1. The van der Waals surface area contributed by atoms with Gasteiger partial charge in [0, 0.05) is 0 Å². The molecule has 1 saturated heterocycles. The summed E-state index contributed by atoms with van der Waals surface area (Å²) in [6, 6.07) is -0.210. The minimum atomic E-state index is -0.723. The smallest absolute Gasteiger partial charge is 0.413 e. The summed E-state index contributed by atoms with van der Waals surface area (Å²) in [6.07, 6.45) is 0.310. The Bertz CT molecular complexity index is 382. The van der Waals surface area contributed by atoms with Gasteiger partial charge in [0.05, 0.1) is 11.5 Å². The van der Waals surface area contributed by atoms with Crippen LogP contribution < -0.4 is 0 Å². The van der Waals surface area contributed by atoms with Crippen molar-refractivity contribution in [2.75, 3.05) is 6.73 Å². The highest BCUT2D eigenvalue weighted by Crippen LogP contribution is 2.35. The van der Waals surface area contributed by atoms with E-state index in [1.807, 2.05) is 34.6 Å². The van der Waals surface area contributed by atoms with Gasteiger partial charge in [-0.2, -0.15) is 0 Å². The molecular weight excluding hydrogens is 258 g/mol. The maximum atomic E-state index is 12.3. The van der Waals surface area contributed by atoms with E-state index in [2.05, 4.69) is 13.8 Å². The van der Waals surface area contributed by atoms with Gasteiger partial charge < -0.3 is 9.47 Å². The number of cyclic esters (lactones) is 1. The molecule has 1 fully saturated rings. The molecule has 0 saturated carbocycles. The second-order valence-electron chi connectivity index (χ2n) is 7.38. The molecule has 5 nitrogen and oxygen atoms in total. The van der Waals surface area contributed by atoms with Gasteiger partial charge in [0.1, 0.15) is 5.60 Å². The number of esters is 1. The molecule has 1 aliphatic rings. The Morgan fingerprint density at radius 1 is 1.45 bits per heavy atom. The summed E-state index contributed by atoms with van der Waals surface area (Å²) in [4.78, 5) is 25.8. The van der Waals surface area contributed by atoms with E-state index in [4.69, 9.17) is 9.47 Å². The monoisotopic (exact) mass is 285 g/mol. The van der Waals surface area contributed by atoms with Crippen LogP contribution in [0.3, 0.4) is 0 Å². The van der Waals surface area contributed by atoms with Crippen LogP contribution in [0.25, 0.3) is 0 Å². The Hall–Kier alpha value is -1.26. The van der Waals surface area contributed by atoms with E-state index in [0.29, 0.717) is 5.92 Å². The van der Waals surface area contributed by atoms with Crippen molar-refractivity contribution in [2.24, 2.45) is 11.3 Å². The van der Waals surface area contributed by atoms with Gasteiger partial charge in [0.15, 0.2) is 6.73 Å². The minimum absolute atomic E-state index is 0.0332. The summed E-state index contributed by atoms with van der Waals surface area (Å²) in [5.41, 5.74) is -1.29. The first-order valence-electron chi connectivity index (χ1n) is 7.12. The summed E-state index contributed by atoms with van der Waals surface area (Å²) in [6.45, 7) is 13.2. The molecule has 0 aromatic rings. The highest BCUT2D eigenvalue weighted by atomic mass is 16.6. The van der Waals surface area contributed by atoms with Crippen LogP contribution in [0.15, 0.2) is 0 Å². The molecule has 20 heavy (non-hydrogen) atoms. The molecule has 0 spiro atoms. The zero-order valence-electron chi connectivity index (χ0n) is 13.6. The standard InChI is InChI=1S/C15H27NO4/c1-10(2)8-11-15(6,7)12(17)19-9-16(11)13(18)20-14(3,4)5/h10-11H,8-9H2,1-7H3/t11-/m0/s1. The number of hydrogen-bond acceptors (Lipinski definition) is 4. The van der Waals surface area contributed by atoms with Gasteiger partial charge in [-0.15, -0.1) is 0 Å². The average Bonchev–Trinajstić information content (AvgIpc) is 2.22. The average molecular weight is 285 g/mol. The molecule has 0 radical (unpaired) electrons. The Kier molecular flexibility index (Phi) is 4.72. The van der Waals surface area contributed by atoms with E-state index < -0.39 is 17.1 Å². The van der Waals surface area contributed by atoms with Gasteiger partial charge in [0.25, 0.3) is 0 Å². The normalized spacial score (nSPS) is 22.7. The molecule has 116 valence electrons. The molecule has 0 unspecified atom stereocenters. The fraction of sp³-hybridized carbons (Fsp3) is 0.867. The fourth-order valence-corrected chi connectivity index (χ4v) is 2.30. The van der Waals surface area contributed by atoms with Gasteiger partial charge in [0.2, 0.25) is 0 Å². The van der Waals surface area contributed by atoms with Crippen LogP contribution in [0, 0.1) is 11.3 Å². The molecule has 1 rings (SSSR count). The van der Waals surface area contributed by atoms with Crippen molar-refractivity contribution in [1.82, 2.24) is 4.90 Å². The first kappa shape index (κ1) is 16.8. The lowest BCUT2D eigenvalue weighted by molar-refractivity contribution is -0.178. The Morgan fingerprint density at radius 2 is 2.00 bits per heavy atom. The first-order chi connectivity index (χ1) is 8.95. The summed E-state index contributed by atoms with van der Waals surface area (Å²) in [7, 11) is 0. The third-order valence-corrected chi connectivity index (χ3v) is 3.39. The van der Waals surface area contributed by atoms with E-state index in [-0.39, 0.29) is 18.7 Å². The van der Waals surface area contributed by atoms with Crippen LogP contribution in [0.1, 0.15) is 54.9 Å². The van der Waals surface area contributed by atoms with Crippen LogP contribution in [0.4, 0.5) is 4.79 Å². The third kappa shape index (κ3) is 3.87. The quantitative estimate of drug-likeness (QED) is 0.731. The van der Waals surface area contributed by atoms with Crippen molar-refractivity contribution >= 4 is 12.1 Å². The molecule has 1 atom stereocenters. The highest BCUT2D eigenvalue weighted by Gasteiger charge is 2.48. The Balaban J connectivity index is 2.97. The van der Waals surface area contributed by atoms with E-state index in [9.17, 15) is 9.59 Å². The maximum Gasteiger partial charge on any atom is 0.413 e. The number of ether oxygens (including phenoxy) is 2. The second-order valence-corrected chi connectivity index (χ2v) is 7.38. The van der Waals surface area contributed by atoms with Crippen LogP contribution in [-0.2, 0) is 14.3 Å². The first-order valence-corrected chi connectivity index (χ1v) is 7.12. The predicted octanol–water partition coefficient (Wildman–Crippen LogP) is 3.18. The summed E-state index contributed by atoms with van der Waals surface area (Å²) < 4.78 is 10.6. The fourth-order valence-electron chi connectivity index (χ4n) is 2.30. The Morgan fingerprint density at radius 3 is 2.45 bits per heavy atom. The molecule has 0 aromatic heterocycles. The van der Waals surface area contributed by atoms with Crippen LogP contribution in [0.5, 0.6) is 0 Å². The molecule has 1 aliphatic heterocycles. The van der Waals surface area contributed by atoms with Crippen LogP contribution in [-0.4, -0.2) is 35.3 Å². The van der Waals surface area contributed by atoms with E-state index in [1.54, 1.807) is 0 Å². The zero-order chi connectivity index (χ0) is 15.7. The molecule has 0 bridgehead atoms. The molecular formula is C15H27NO4. The number of rotatable bonds is 2. The molecule has 5 heteroatoms. The summed E-state index contributed by atoms with van der Waals surface area (Å²) >= 11 is 0. The molecule has 1 heterocycles. The maximum absolute atomic E-state index is 12.3. The van der Waals surface area contributed by atoms with Crippen LogP contribution in [0.2, 0.25) is 0 Å². The number of carbonyl (C=O) groups is 2. The number of hydrogen-bond donors (Lipinski definition) is 0. The van der Waals surface area contributed by atoms with Gasteiger partial charge >= 0.3 is 12.1 Å². The summed E-state index contributed by atoms with van der Waals surface area (Å²) in [5, 5.41) is 0. The molecule has 1 amide bonds. The lowest BCUT2D eigenvalue weighted by atomic mass is 9.78. The topological polar surface area (TPSA) is 55.8 Å². The minimum Gasteiger partial charge on any atom is -0.444 e. The lowest BCUT2D eigenvalue weighted by Crippen LogP contribution is -2.58. The number of nitrogens with zero attached hydrogens (tertiary/aromatic N) is 1.